The van der Waals surface area contributed by atoms with Crippen molar-refractivity contribution in [3.05, 3.63) is 53.2 Å². The molecule has 6 heteroatoms. The number of halogens is 1. The fraction of sp³-hybridized carbons (Fsp3) is 0.444. The highest BCUT2D eigenvalue weighted by atomic mass is 35.5. The van der Waals surface area contributed by atoms with E-state index in [1.807, 2.05) is 6.08 Å². The molecule has 5 nitrogen and oxygen atoms in total. The number of nitrogens with zero attached hydrogens (tertiary/aromatic N) is 1. The smallest absolute Gasteiger partial charge is 0.212 e. The zero-order chi connectivity index (χ0) is 17.0. The van der Waals surface area contributed by atoms with Crippen molar-refractivity contribution in [1.29, 1.82) is 0 Å². The lowest BCUT2D eigenvalue weighted by Crippen LogP contribution is -2.50. The van der Waals surface area contributed by atoms with Crippen LogP contribution in [0.4, 0.5) is 0 Å². The molecule has 3 rings (SSSR count). The predicted octanol–water partition coefficient (Wildman–Crippen LogP) is 3.56. The lowest BCUT2D eigenvalue weighted by atomic mass is 9.85. The van der Waals surface area contributed by atoms with E-state index in [9.17, 15) is 5.11 Å². The molecule has 1 aromatic carbocycles. The fourth-order valence-corrected chi connectivity index (χ4v) is 3.23. The van der Waals surface area contributed by atoms with E-state index < -0.39 is 5.60 Å². The number of nitrogens with one attached hydrogen (secondary N) is 1. The van der Waals surface area contributed by atoms with Gasteiger partial charge in [0.1, 0.15) is 5.75 Å². The number of rotatable bonds is 5. The molecule has 1 heterocycles. The summed E-state index contributed by atoms with van der Waals surface area (Å²) in [6, 6.07) is 7.16. The lowest BCUT2D eigenvalue weighted by Gasteiger charge is -2.39. The number of benzene rings is 1. The van der Waals surface area contributed by atoms with Gasteiger partial charge in [-0.15, -0.1) is 0 Å². The molecule has 1 aliphatic heterocycles. The van der Waals surface area contributed by atoms with E-state index in [1.165, 1.54) is 6.42 Å². The number of β-amino-alcohol motifs (C(OH)–C–C–N with tert-alkyl or cyclic N) is 1. The van der Waals surface area contributed by atoms with Gasteiger partial charge in [-0.3, -0.25) is 10.4 Å². The Morgan fingerprint density at radius 2 is 1.88 bits per heavy atom. The van der Waals surface area contributed by atoms with Gasteiger partial charge in [-0.2, -0.15) is 0 Å². The second-order valence-corrected chi connectivity index (χ2v) is 6.72. The van der Waals surface area contributed by atoms with Crippen molar-refractivity contribution in [1.82, 2.24) is 10.4 Å². The molecule has 1 aliphatic carbocycles. The van der Waals surface area contributed by atoms with Crippen LogP contribution in [0.25, 0.3) is 0 Å². The first-order valence-corrected chi connectivity index (χ1v) is 8.62. The summed E-state index contributed by atoms with van der Waals surface area (Å²) in [7, 11) is 1.62. The second kappa shape index (κ2) is 7.36. The molecule has 0 bridgehead atoms. The summed E-state index contributed by atoms with van der Waals surface area (Å²) >= 11 is 5.89. The van der Waals surface area contributed by atoms with Crippen molar-refractivity contribution in [2.75, 3.05) is 13.7 Å². The Morgan fingerprint density at radius 1 is 1.17 bits per heavy atom. The van der Waals surface area contributed by atoms with Crippen molar-refractivity contribution in [2.24, 2.45) is 0 Å². The highest BCUT2D eigenvalue weighted by Crippen LogP contribution is 2.30. The van der Waals surface area contributed by atoms with Gasteiger partial charge in [-0.25, -0.2) is 0 Å². The van der Waals surface area contributed by atoms with E-state index in [-0.39, 0.29) is 0 Å². The van der Waals surface area contributed by atoms with Crippen molar-refractivity contribution in [3.63, 3.8) is 0 Å². The lowest BCUT2D eigenvalue weighted by molar-refractivity contribution is -0.0450. The highest BCUT2D eigenvalue weighted by molar-refractivity contribution is 6.30. The van der Waals surface area contributed by atoms with Gasteiger partial charge in [-0.1, -0.05) is 30.9 Å². The van der Waals surface area contributed by atoms with Gasteiger partial charge < -0.3 is 14.6 Å². The Morgan fingerprint density at radius 3 is 2.54 bits per heavy atom. The van der Waals surface area contributed by atoms with E-state index in [1.54, 1.807) is 42.5 Å². The van der Waals surface area contributed by atoms with Gasteiger partial charge in [0.2, 0.25) is 11.8 Å². The maximum Gasteiger partial charge on any atom is 0.212 e. The van der Waals surface area contributed by atoms with Crippen molar-refractivity contribution in [3.8, 4) is 5.75 Å². The van der Waals surface area contributed by atoms with E-state index in [0.717, 1.165) is 25.7 Å². The monoisotopic (exact) mass is 350 g/mol. The minimum absolute atomic E-state index is 0.452. The first kappa shape index (κ1) is 17.0. The Hall–Kier alpha value is -1.85. The van der Waals surface area contributed by atoms with Gasteiger partial charge in [0.05, 0.1) is 19.3 Å². The van der Waals surface area contributed by atoms with Crippen LogP contribution in [0.5, 0.6) is 5.75 Å². The molecular weight excluding hydrogens is 328 g/mol. The van der Waals surface area contributed by atoms with Gasteiger partial charge in [0, 0.05) is 17.2 Å². The first-order valence-electron chi connectivity index (χ1n) is 8.24. The number of hydrazine groups is 1. The van der Waals surface area contributed by atoms with Crippen LogP contribution < -0.4 is 10.2 Å². The van der Waals surface area contributed by atoms with Gasteiger partial charge in [0.25, 0.3) is 0 Å². The molecule has 24 heavy (non-hydrogen) atoms. The van der Waals surface area contributed by atoms with Crippen LogP contribution in [-0.4, -0.2) is 29.4 Å². The molecule has 0 spiro atoms. The fourth-order valence-electron chi connectivity index (χ4n) is 3.11. The number of aliphatic hydroxyl groups is 1. The molecule has 0 aromatic heterocycles. The van der Waals surface area contributed by atoms with Crippen LogP contribution in [0.3, 0.4) is 0 Å². The largest absolute Gasteiger partial charge is 0.481 e. The molecular formula is C18H23ClN2O3. The molecule has 2 N–H and O–H groups in total. The number of ether oxygens (including phenoxy) is 2. The van der Waals surface area contributed by atoms with Gasteiger partial charge >= 0.3 is 0 Å². The summed E-state index contributed by atoms with van der Waals surface area (Å²) in [5.41, 5.74) is 2.47. The van der Waals surface area contributed by atoms with Crippen LogP contribution in [0.15, 0.2) is 48.2 Å². The predicted molar refractivity (Wildman–Crippen MR) is 93.1 cm³/mol. The third kappa shape index (κ3) is 4.16. The maximum absolute atomic E-state index is 10.8. The zero-order valence-corrected chi connectivity index (χ0v) is 14.6. The van der Waals surface area contributed by atoms with Crippen molar-refractivity contribution < 1.29 is 14.6 Å². The Balaban J connectivity index is 1.68. The molecule has 0 radical (unpaired) electrons. The van der Waals surface area contributed by atoms with E-state index in [0.29, 0.717) is 29.1 Å². The molecule has 0 unspecified atom stereocenters. The normalized spacial score (nSPS) is 19.9. The maximum atomic E-state index is 10.8. The zero-order valence-electron chi connectivity index (χ0n) is 13.8. The molecule has 1 fully saturated rings. The molecule has 0 amide bonds. The number of allylic oxidation sites excluding steroid dienone is 2. The molecule has 130 valence electrons. The second-order valence-electron chi connectivity index (χ2n) is 6.28. The van der Waals surface area contributed by atoms with Crippen LogP contribution in [0.1, 0.15) is 32.1 Å². The van der Waals surface area contributed by atoms with Crippen molar-refractivity contribution in [2.45, 2.75) is 37.7 Å². The molecule has 1 saturated carbocycles. The van der Waals surface area contributed by atoms with E-state index in [4.69, 9.17) is 21.1 Å². The van der Waals surface area contributed by atoms with Gasteiger partial charge in [-0.05, 0) is 37.1 Å². The van der Waals surface area contributed by atoms with Crippen LogP contribution >= 0.6 is 11.6 Å². The average Bonchev–Trinajstić information content (AvgIpc) is 2.57. The molecule has 1 aromatic rings. The Labute approximate surface area is 147 Å². The minimum atomic E-state index is -0.703. The molecule has 0 atom stereocenters. The third-order valence-electron chi connectivity index (χ3n) is 4.38. The Kier molecular flexibility index (Phi) is 5.21. The summed E-state index contributed by atoms with van der Waals surface area (Å²) in [6.07, 6.45) is 8.54. The van der Waals surface area contributed by atoms with E-state index >= 15 is 0 Å². The van der Waals surface area contributed by atoms with E-state index in [2.05, 4.69) is 5.43 Å². The topological polar surface area (TPSA) is 54.0 Å². The van der Waals surface area contributed by atoms with Gasteiger partial charge in [0.15, 0.2) is 0 Å². The van der Waals surface area contributed by atoms with Crippen LogP contribution in [0.2, 0.25) is 5.02 Å². The molecule has 2 aliphatic rings. The van der Waals surface area contributed by atoms with Crippen LogP contribution in [0, 0.1) is 0 Å². The summed E-state index contributed by atoms with van der Waals surface area (Å²) in [5, 5.41) is 13.3. The standard InChI is InChI=1S/C18H23ClN2O3/c1-23-17-10-9-16(24-15-7-5-14(19)6-8-15)20-21(17)13-18(22)11-3-2-4-12-18/h5-10,20,22H,2-4,11-13H2,1H3. The first-order chi connectivity index (χ1) is 11.6. The van der Waals surface area contributed by atoms with Crippen LogP contribution in [-0.2, 0) is 4.74 Å². The minimum Gasteiger partial charge on any atom is -0.481 e. The summed E-state index contributed by atoms with van der Waals surface area (Å²) in [4.78, 5) is 0. The molecule has 0 saturated heterocycles. The quantitative estimate of drug-likeness (QED) is 0.850. The third-order valence-corrected chi connectivity index (χ3v) is 4.63. The Bertz CT molecular complexity index is 622. The summed E-state index contributed by atoms with van der Waals surface area (Å²) in [6.45, 7) is 0.452. The summed E-state index contributed by atoms with van der Waals surface area (Å²) < 4.78 is 11.2. The van der Waals surface area contributed by atoms with Crippen molar-refractivity contribution >= 4 is 11.6 Å². The highest BCUT2D eigenvalue weighted by Gasteiger charge is 2.33. The summed E-state index contributed by atoms with van der Waals surface area (Å²) in [5.74, 6) is 1.90. The number of hydrogen-bond acceptors (Lipinski definition) is 5. The SMILES string of the molecule is COC1=CC=C(Oc2ccc(Cl)cc2)NN1CC1(O)CCCCC1. The average molecular weight is 351 g/mol. The number of hydrogen-bond donors (Lipinski definition) is 2. The number of methoxy groups -OCH3 is 1.